The molecule has 0 saturated carbocycles. The Morgan fingerprint density at radius 1 is 1.23 bits per heavy atom. The molecule has 1 aliphatic heterocycles. The van der Waals surface area contributed by atoms with Crippen molar-refractivity contribution in [3.05, 3.63) is 65.6 Å². The van der Waals surface area contributed by atoms with Crippen LogP contribution in [0, 0.1) is 6.92 Å². The van der Waals surface area contributed by atoms with Gasteiger partial charge in [0.15, 0.2) is 6.61 Å². The lowest BCUT2D eigenvalue weighted by molar-refractivity contribution is -0.153. The Kier molecular flexibility index (Phi) is 7.39. The Labute approximate surface area is 201 Å². The number of hydrogen-bond donors (Lipinski definition) is 1. The molecule has 3 heterocycles. The maximum absolute atomic E-state index is 13.0. The summed E-state index contributed by atoms with van der Waals surface area (Å²) >= 11 is 0. The van der Waals surface area contributed by atoms with E-state index >= 15 is 0 Å². The maximum Gasteiger partial charge on any atom is 0.422 e. The highest BCUT2D eigenvalue weighted by atomic mass is 19.4. The van der Waals surface area contributed by atoms with E-state index in [4.69, 9.17) is 4.74 Å². The van der Waals surface area contributed by atoms with E-state index in [-0.39, 0.29) is 17.7 Å². The van der Waals surface area contributed by atoms with Gasteiger partial charge in [0.2, 0.25) is 0 Å². The van der Waals surface area contributed by atoms with Gasteiger partial charge in [-0.3, -0.25) is 19.4 Å². The van der Waals surface area contributed by atoms with Gasteiger partial charge in [-0.25, -0.2) is 0 Å². The van der Waals surface area contributed by atoms with Gasteiger partial charge in [-0.15, -0.1) is 0 Å². The monoisotopic (exact) mass is 487 g/mol. The Balaban J connectivity index is 1.36. The molecular weight excluding hydrogens is 459 g/mol. The number of benzene rings is 1. The van der Waals surface area contributed by atoms with Crippen LogP contribution in [-0.2, 0) is 13.6 Å². The third kappa shape index (κ3) is 6.82. The summed E-state index contributed by atoms with van der Waals surface area (Å²) in [5.41, 5.74) is 3.91. The Morgan fingerprint density at radius 3 is 2.69 bits per heavy atom. The molecule has 1 N–H and O–H groups in total. The minimum absolute atomic E-state index is 0.0370. The number of likely N-dealkylation sites (tertiary alicyclic amines) is 1. The first kappa shape index (κ1) is 24.7. The van der Waals surface area contributed by atoms with Crippen LogP contribution in [0.15, 0.2) is 48.8 Å². The summed E-state index contributed by atoms with van der Waals surface area (Å²) in [6.45, 7) is 3.19. The summed E-state index contributed by atoms with van der Waals surface area (Å²) in [4.78, 5) is 19.6. The molecule has 1 amide bonds. The van der Waals surface area contributed by atoms with Crippen molar-refractivity contribution in [2.75, 3.05) is 19.7 Å². The smallest absolute Gasteiger partial charge is 0.422 e. The molecule has 0 spiro atoms. The Hall–Kier alpha value is -3.40. The van der Waals surface area contributed by atoms with Crippen LogP contribution in [0.1, 0.15) is 34.5 Å². The summed E-state index contributed by atoms with van der Waals surface area (Å²) in [6.07, 6.45) is 1.09. The standard InChI is InChI=1S/C25H28F3N5O2/c1-17-20(13-32(2)31-17)14-33-11-3-4-21(15-33)30-24(34)19-9-10-29-23(12-19)18-5-7-22(8-6-18)35-16-25(26,27)28/h5-10,12-13,21H,3-4,11,14-16H2,1-2H3,(H,30,34). The number of aryl methyl sites for hydroxylation is 2. The molecule has 10 heteroatoms. The van der Waals surface area contributed by atoms with Gasteiger partial charge in [0.1, 0.15) is 5.75 Å². The molecule has 4 rings (SSSR count). The van der Waals surface area contributed by atoms with Crippen molar-refractivity contribution in [2.24, 2.45) is 7.05 Å². The average Bonchev–Trinajstić information content (AvgIpc) is 3.14. The molecule has 1 aliphatic rings. The van der Waals surface area contributed by atoms with Gasteiger partial charge in [-0.05, 0) is 62.7 Å². The zero-order chi connectivity index (χ0) is 25.0. The fraction of sp³-hybridized carbons (Fsp3) is 0.400. The molecule has 7 nitrogen and oxygen atoms in total. The van der Waals surface area contributed by atoms with E-state index in [0.717, 1.165) is 38.2 Å². The minimum atomic E-state index is -4.39. The van der Waals surface area contributed by atoms with E-state index in [9.17, 15) is 18.0 Å². The van der Waals surface area contributed by atoms with E-state index in [1.54, 1.807) is 30.5 Å². The van der Waals surface area contributed by atoms with Gasteiger partial charge in [-0.1, -0.05) is 0 Å². The lowest BCUT2D eigenvalue weighted by Crippen LogP contribution is -2.47. The molecule has 0 bridgehead atoms. The fourth-order valence-electron chi connectivity index (χ4n) is 4.25. The van der Waals surface area contributed by atoms with E-state index < -0.39 is 12.8 Å². The fourth-order valence-corrected chi connectivity index (χ4v) is 4.25. The molecule has 186 valence electrons. The number of aromatic nitrogens is 3. The Morgan fingerprint density at radius 2 is 2.00 bits per heavy atom. The van der Waals surface area contributed by atoms with Gasteiger partial charge < -0.3 is 10.1 Å². The predicted octanol–water partition coefficient (Wildman–Crippen LogP) is 4.13. The molecule has 1 saturated heterocycles. The molecule has 3 aromatic rings. The number of hydrogen-bond acceptors (Lipinski definition) is 5. The first-order valence-corrected chi connectivity index (χ1v) is 11.4. The first-order valence-electron chi connectivity index (χ1n) is 11.4. The number of nitrogens with one attached hydrogen (secondary N) is 1. The van der Waals surface area contributed by atoms with E-state index in [0.29, 0.717) is 16.8 Å². The molecule has 2 aromatic heterocycles. The molecule has 1 fully saturated rings. The SMILES string of the molecule is Cc1nn(C)cc1CN1CCCC(NC(=O)c2ccnc(-c3ccc(OCC(F)(F)F)cc3)c2)C1. The number of halogens is 3. The van der Waals surface area contributed by atoms with E-state index in [2.05, 4.69) is 20.3 Å². The molecular formula is C25H28F3N5O2. The predicted molar refractivity (Wildman–Crippen MR) is 125 cm³/mol. The lowest BCUT2D eigenvalue weighted by Gasteiger charge is -2.33. The van der Waals surface area contributed by atoms with E-state index in [1.807, 2.05) is 24.9 Å². The van der Waals surface area contributed by atoms with E-state index in [1.165, 1.54) is 17.7 Å². The Bertz CT molecular complexity index is 1160. The number of rotatable bonds is 7. The second kappa shape index (κ2) is 10.5. The second-order valence-corrected chi connectivity index (χ2v) is 8.82. The topological polar surface area (TPSA) is 72.3 Å². The second-order valence-electron chi connectivity index (χ2n) is 8.82. The van der Waals surface area contributed by atoms with Crippen LogP contribution in [-0.4, -0.2) is 57.5 Å². The van der Waals surface area contributed by atoms with Crippen molar-refractivity contribution in [3.63, 3.8) is 0 Å². The molecule has 1 aromatic carbocycles. The molecule has 1 atom stereocenters. The van der Waals surface area contributed by atoms with Crippen LogP contribution in [0.25, 0.3) is 11.3 Å². The largest absolute Gasteiger partial charge is 0.484 e. The summed E-state index contributed by atoms with van der Waals surface area (Å²) < 4.78 is 43.6. The molecule has 35 heavy (non-hydrogen) atoms. The number of carbonyl (C=O) groups excluding carboxylic acids is 1. The minimum Gasteiger partial charge on any atom is -0.484 e. The van der Waals surface area contributed by atoms with Crippen molar-refractivity contribution < 1.29 is 22.7 Å². The van der Waals surface area contributed by atoms with Crippen LogP contribution >= 0.6 is 0 Å². The van der Waals surface area contributed by atoms with Crippen molar-refractivity contribution in [3.8, 4) is 17.0 Å². The van der Waals surface area contributed by atoms with Gasteiger partial charge in [0.05, 0.1) is 11.4 Å². The highest BCUT2D eigenvalue weighted by Gasteiger charge is 2.28. The van der Waals surface area contributed by atoms with Crippen molar-refractivity contribution >= 4 is 5.91 Å². The van der Waals surface area contributed by atoms with Gasteiger partial charge in [0, 0.05) is 55.3 Å². The number of nitrogens with zero attached hydrogens (tertiary/aromatic N) is 4. The summed E-state index contributed by atoms with van der Waals surface area (Å²) in [6, 6.07) is 9.52. The van der Waals surface area contributed by atoms with Crippen LogP contribution in [0.3, 0.4) is 0 Å². The first-order chi connectivity index (χ1) is 16.7. The number of ether oxygens (including phenoxy) is 1. The summed E-state index contributed by atoms with van der Waals surface area (Å²) in [5.74, 6) is -0.0634. The third-order valence-electron chi connectivity index (χ3n) is 5.92. The summed E-state index contributed by atoms with van der Waals surface area (Å²) in [7, 11) is 1.91. The number of piperidine rings is 1. The number of alkyl halides is 3. The van der Waals surface area contributed by atoms with Crippen LogP contribution in [0.4, 0.5) is 13.2 Å². The molecule has 0 radical (unpaired) electrons. The average molecular weight is 488 g/mol. The zero-order valence-electron chi connectivity index (χ0n) is 19.7. The number of pyridine rings is 1. The molecule has 0 aliphatic carbocycles. The van der Waals surface area contributed by atoms with Crippen molar-refractivity contribution in [2.45, 2.75) is 38.5 Å². The maximum atomic E-state index is 13.0. The van der Waals surface area contributed by atoms with Gasteiger partial charge in [-0.2, -0.15) is 18.3 Å². The molecule has 1 unspecified atom stereocenters. The van der Waals surface area contributed by atoms with Crippen LogP contribution in [0.2, 0.25) is 0 Å². The third-order valence-corrected chi connectivity index (χ3v) is 5.92. The number of carbonyl (C=O) groups is 1. The van der Waals surface area contributed by atoms with Crippen molar-refractivity contribution in [1.82, 2.24) is 25.0 Å². The quantitative estimate of drug-likeness (QED) is 0.543. The lowest BCUT2D eigenvalue weighted by atomic mass is 10.0. The normalized spacial score (nSPS) is 16.8. The van der Waals surface area contributed by atoms with Crippen LogP contribution in [0.5, 0.6) is 5.75 Å². The highest BCUT2D eigenvalue weighted by molar-refractivity contribution is 5.95. The zero-order valence-corrected chi connectivity index (χ0v) is 19.7. The summed E-state index contributed by atoms with van der Waals surface area (Å²) in [5, 5.41) is 7.54. The highest BCUT2D eigenvalue weighted by Crippen LogP contribution is 2.24. The van der Waals surface area contributed by atoms with Crippen LogP contribution < -0.4 is 10.1 Å². The van der Waals surface area contributed by atoms with Gasteiger partial charge in [0.25, 0.3) is 5.91 Å². The van der Waals surface area contributed by atoms with Gasteiger partial charge >= 0.3 is 6.18 Å². The number of amides is 1. The van der Waals surface area contributed by atoms with Crippen molar-refractivity contribution in [1.29, 1.82) is 0 Å².